The minimum absolute atomic E-state index is 0.137. The third-order valence-corrected chi connectivity index (χ3v) is 3.34. The van der Waals surface area contributed by atoms with E-state index in [2.05, 4.69) is 6.92 Å². The molecule has 0 radical (unpaired) electrons. The molecule has 0 aliphatic rings. The lowest BCUT2D eigenvalue weighted by atomic mass is 10.1. The molecular weight excluding hydrogens is 190 g/mol. The first-order valence-corrected chi connectivity index (χ1v) is 5.50. The first kappa shape index (κ1) is 10.0. The van der Waals surface area contributed by atoms with Crippen molar-refractivity contribution in [2.75, 3.05) is 0 Å². The number of halogens is 1. The van der Waals surface area contributed by atoms with E-state index in [4.69, 9.17) is 17.3 Å². The summed E-state index contributed by atoms with van der Waals surface area (Å²) < 4.78 is 0. The van der Waals surface area contributed by atoms with Crippen LogP contribution < -0.4 is 5.73 Å². The summed E-state index contributed by atoms with van der Waals surface area (Å²) in [6.45, 7) is 2.17. The van der Waals surface area contributed by atoms with Crippen molar-refractivity contribution >= 4 is 22.9 Å². The monoisotopic (exact) mass is 203 g/mol. The quantitative estimate of drug-likeness (QED) is 0.795. The Morgan fingerprint density at radius 1 is 1.67 bits per heavy atom. The second kappa shape index (κ2) is 4.85. The Bertz CT molecular complexity index is 234. The van der Waals surface area contributed by atoms with E-state index >= 15 is 0 Å². The fourth-order valence-corrected chi connectivity index (χ4v) is 2.36. The van der Waals surface area contributed by atoms with Crippen LogP contribution in [0.2, 0.25) is 5.02 Å². The van der Waals surface area contributed by atoms with Gasteiger partial charge < -0.3 is 5.73 Å². The molecule has 2 N–H and O–H groups in total. The van der Waals surface area contributed by atoms with Gasteiger partial charge in [-0.1, -0.05) is 31.4 Å². The van der Waals surface area contributed by atoms with Gasteiger partial charge in [0, 0.05) is 10.9 Å². The molecular formula is C9H14ClNS. The van der Waals surface area contributed by atoms with Gasteiger partial charge in [0.25, 0.3) is 0 Å². The molecule has 1 rings (SSSR count). The third kappa shape index (κ3) is 2.47. The molecule has 0 unspecified atom stereocenters. The number of thiophene rings is 1. The maximum atomic E-state index is 5.95. The van der Waals surface area contributed by atoms with Crippen LogP contribution in [0.15, 0.2) is 11.4 Å². The predicted octanol–water partition coefficient (Wildman–Crippen LogP) is 3.59. The summed E-state index contributed by atoms with van der Waals surface area (Å²) in [7, 11) is 0. The number of hydrogen-bond acceptors (Lipinski definition) is 2. The molecule has 3 heteroatoms. The summed E-state index contributed by atoms with van der Waals surface area (Å²) in [6.07, 6.45) is 3.41. The Morgan fingerprint density at radius 2 is 2.42 bits per heavy atom. The predicted molar refractivity (Wildman–Crippen MR) is 55.8 cm³/mol. The van der Waals surface area contributed by atoms with E-state index < -0.39 is 0 Å². The lowest BCUT2D eigenvalue weighted by molar-refractivity contribution is 0.611. The molecule has 0 saturated heterocycles. The van der Waals surface area contributed by atoms with Gasteiger partial charge in [0.05, 0.1) is 5.02 Å². The van der Waals surface area contributed by atoms with Gasteiger partial charge in [-0.25, -0.2) is 0 Å². The SMILES string of the molecule is CCCC[C@@H](N)c1sccc1Cl. The highest BCUT2D eigenvalue weighted by Gasteiger charge is 2.10. The molecule has 0 saturated carbocycles. The van der Waals surface area contributed by atoms with Crippen LogP contribution in [0.4, 0.5) is 0 Å². The standard InChI is InChI=1S/C9H14ClNS/c1-2-3-4-8(11)9-7(10)5-6-12-9/h5-6,8H,2-4,11H2,1H3/t8-/m1/s1. The largest absolute Gasteiger partial charge is 0.323 e. The Labute approximate surface area is 82.5 Å². The van der Waals surface area contributed by atoms with Gasteiger partial charge in [0.15, 0.2) is 0 Å². The average Bonchev–Trinajstić information content (AvgIpc) is 2.47. The summed E-state index contributed by atoms with van der Waals surface area (Å²) in [4.78, 5) is 1.13. The fraction of sp³-hybridized carbons (Fsp3) is 0.556. The lowest BCUT2D eigenvalue weighted by Crippen LogP contribution is -2.08. The smallest absolute Gasteiger partial charge is 0.0561 e. The van der Waals surface area contributed by atoms with Crippen LogP contribution in [0.25, 0.3) is 0 Å². The van der Waals surface area contributed by atoms with Crippen molar-refractivity contribution in [2.24, 2.45) is 5.73 Å². The zero-order valence-electron chi connectivity index (χ0n) is 7.22. The lowest BCUT2D eigenvalue weighted by Gasteiger charge is -2.08. The van der Waals surface area contributed by atoms with Crippen LogP contribution in [0, 0.1) is 0 Å². The van der Waals surface area contributed by atoms with Crippen molar-refractivity contribution in [2.45, 2.75) is 32.2 Å². The molecule has 0 bridgehead atoms. The van der Waals surface area contributed by atoms with Crippen LogP contribution in [0.3, 0.4) is 0 Å². The van der Waals surface area contributed by atoms with Gasteiger partial charge in [0.1, 0.15) is 0 Å². The van der Waals surface area contributed by atoms with E-state index in [1.54, 1.807) is 11.3 Å². The second-order valence-electron chi connectivity index (χ2n) is 2.88. The number of hydrogen-bond donors (Lipinski definition) is 1. The minimum Gasteiger partial charge on any atom is -0.323 e. The number of nitrogens with two attached hydrogens (primary N) is 1. The average molecular weight is 204 g/mol. The molecule has 68 valence electrons. The van der Waals surface area contributed by atoms with Crippen LogP contribution in [0.1, 0.15) is 37.1 Å². The molecule has 1 aromatic heterocycles. The zero-order chi connectivity index (χ0) is 8.97. The zero-order valence-corrected chi connectivity index (χ0v) is 8.79. The van der Waals surface area contributed by atoms with Gasteiger partial charge in [-0.3, -0.25) is 0 Å². The van der Waals surface area contributed by atoms with Crippen molar-refractivity contribution < 1.29 is 0 Å². The first-order chi connectivity index (χ1) is 5.75. The van der Waals surface area contributed by atoms with Gasteiger partial charge in [-0.2, -0.15) is 0 Å². The van der Waals surface area contributed by atoms with Crippen molar-refractivity contribution in [3.8, 4) is 0 Å². The van der Waals surface area contributed by atoms with Crippen molar-refractivity contribution in [3.05, 3.63) is 21.3 Å². The van der Waals surface area contributed by atoms with E-state index in [-0.39, 0.29) is 6.04 Å². The van der Waals surface area contributed by atoms with Crippen molar-refractivity contribution in [3.63, 3.8) is 0 Å². The Morgan fingerprint density at radius 3 is 2.92 bits per heavy atom. The van der Waals surface area contributed by atoms with E-state index in [1.165, 1.54) is 12.8 Å². The second-order valence-corrected chi connectivity index (χ2v) is 4.24. The van der Waals surface area contributed by atoms with Gasteiger partial charge in [-0.15, -0.1) is 11.3 Å². The van der Waals surface area contributed by atoms with Crippen LogP contribution in [-0.4, -0.2) is 0 Å². The molecule has 1 nitrogen and oxygen atoms in total. The highest BCUT2D eigenvalue weighted by molar-refractivity contribution is 7.10. The minimum atomic E-state index is 0.137. The van der Waals surface area contributed by atoms with Crippen LogP contribution >= 0.6 is 22.9 Å². The Kier molecular flexibility index (Phi) is 4.06. The molecule has 0 fully saturated rings. The summed E-state index contributed by atoms with van der Waals surface area (Å²) in [5.74, 6) is 0. The maximum Gasteiger partial charge on any atom is 0.0561 e. The Balaban J connectivity index is 2.52. The molecule has 0 aromatic carbocycles. The number of rotatable bonds is 4. The number of unbranched alkanes of at least 4 members (excludes halogenated alkanes) is 1. The van der Waals surface area contributed by atoms with E-state index in [0.29, 0.717) is 0 Å². The first-order valence-electron chi connectivity index (χ1n) is 4.24. The van der Waals surface area contributed by atoms with Crippen molar-refractivity contribution in [1.82, 2.24) is 0 Å². The molecule has 1 heterocycles. The van der Waals surface area contributed by atoms with Gasteiger partial charge >= 0.3 is 0 Å². The van der Waals surface area contributed by atoms with Gasteiger partial charge in [0.2, 0.25) is 0 Å². The van der Waals surface area contributed by atoms with E-state index in [1.807, 2.05) is 11.4 Å². The molecule has 0 aliphatic heterocycles. The maximum absolute atomic E-state index is 5.95. The third-order valence-electron chi connectivity index (χ3n) is 1.85. The molecule has 0 spiro atoms. The molecule has 1 aromatic rings. The molecule has 12 heavy (non-hydrogen) atoms. The fourth-order valence-electron chi connectivity index (χ4n) is 1.13. The summed E-state index contributed by atoms with van der Waals surface area (Å²) in [5.41, 5.74) is 5.95. The van der Waals surface area contributed by atoms with E-state index in [0.717, 1.165) is 16.3 Å². The molecule has 1 atom stereocenters. The summed E-state index contributed by atoms with van der Waals surface area (Å²) in [5, 5.41) is 2.81. The summed E-state index contributed by atoms with van der Waals surface area (Å²) >= 11 is 7.60. The Hall–Kier alpha value is -0.0500. The highest BCUT2D eigenvalue weighted by Crippen LogP contribution is 2.29. The van der Waals surface area contributed by atoms with Crippen molar-refractivity contribution in [1.29, 1.82) is 0 Å². The van der Waals surface area contributed by atoms with Gasteiger partial charge in [-0.05, 0) is 17.9 Å². The topological polar surface area (TPSA) is 26.0 Å². The molecule has 0 amide bonds. The molecule has 0 aliphatic carbocycles. The van der Waals surface area contributed by atoms with Crippen LogP contribution in [0.5, 0.6) is 0 Å². The normalized spacial score (nSPS) is 13.2. The highest BCUT2D eigenvalue weighted by atomic mass is 35.5. The summed E-state index contributed by atoms with van der Waals surface area (Å²) in [6, 6.07) is 2.05. The van der Waals surface area contributed by atoms with E-state index in [9.17, 15) is 0 Å². The van der Waals surface area contributed by atoms with Crippen LogP contribution in [-0.2, 0) is 0 Å².